The number of ether oxygens (including phenoxy) is 4. The van der Waals surface area contributed by atoms with Crippen LogP contribution in [0, 0.1) is 39.8 Å². The van der Waals surface area contributed by atoms with E-state index in [2.05, 4.69) is 48.0 Å². The number of rotatable bonds is 25. The molecule has 0 saturated heterocycles. The molecular formula is C82H77Cl3FN17O10. The van der Waals surface area contributed by atoms with Gasteiger partial charge in [-0.2, -0.15) is 30.0 Å². The van der Waals surface area contributed by atoms with Crippen molar-refractivity contribution < 1.29 is 53.3 Å². The van der Waals surface area contributed by atoms with E-state index in [4.69, 9.17) is 58.7 Å². The van der Waals surface area contributed by atoms with E-state index in [9.17, 15) is 50.2 Å². The first-order chi connectivity index (χ1) is 54.3. The van der Waals surface area contributed by atoms with Gasteiger partial charge >= 0.3 is 0 Å². The summed E-state index contributed by atoms with van der Waals surface area (Å²) < 4.78 is 39.0. The number of hydrogen-bond acceptors (Lipinski definition) is 21. The number of hydrogen-bond donors (Lipinski definition) is 6. The molecule has 0 fully saturated rings. The Hall–Kier alpha value is -13.4. The zero-order valence-corrected chi connectivity index (χ0v) is 64.7. The standard InChI is InChI=1S/C30H29ClN6O4.C28H25ClN6O3.C24H23ClFN5O3/c1-4-40-28-16-26-23(15-25(28)35-29(38)9-7-13-36(2)3)30(20(17-32)18-37(26)39)34-21-10-11-27(24(31)14-21)41-19-22-8-5-6-12-33-22;1-34(2)13-5-7-27(36)32-20-8-10-25-23(14-20)28(19(16-30)17-35(25)37)33-21-9-11-26(24(29)15-21)38-18-22-6-3-4-12-31-22;1-4-34-22-12-21-17(11-20(22)29-23(32)6-5-9-30(2)3)24(15(13-27)14-31(21)33)28-16-7-8-19(26)18(25)10-16/h5-12,14-16,18,39H,4,13,19H2,1-3H3,(H,35,38);3-12,14-15,17,37H,13,18H2,1-2H3,(H,32,36);5-8,10-12,14,33H,4,9H2,1-3H3,(H,29,32)/b9-7+,34-30?;7-5+,33-28?;6-5+,28-24?. The molecule has 0 atom stereocenters. The van der Waals surface area contributed by atoms with Crippen molar-refractivity contribution in [2.75, 3.05) is 91.1 Å². The second kappa shape index (κ2) is 40.4. The van der Waals surface area contributed by atoms with Crippen molar-refractivity contribution >= 4 is 119 Å². The van der Waals surface area contributed by atoms with Crippen LogP contribution in [0.25, 0.3) is 32.7 Å². The van der Waals surface area contributed by atoms with Gasteiger partial charge in [-0.05, 0) is 165 Å². The maximum atomic E-state index is 13.6. The van der Waals surface area contributed by atoms with Crippen LogP contribution in [-0.4, -0.2) is 147 Å². The summed E-state index contributed by atoms with van der Waals surface area (Å²) in [6.45, 7) is 6.56. The summed E-state index contributed by atoms with van der Waals surface area (Å²) in [5, 5.41) is 71.8. The molecule has 6 aromatic carbocycles. The van der Waals surface area contributed by atoms with Gasteiger partial charge in [0, 0.05) is 84.2 Å². The van der Waals surface area contributed by atoms with E-state index >= 15 is 0 Å². The summed E-state index contributed by atoms with van der Waals surface area (Å²) in [6.07, 6.45) is 16.6. The molecule has 5 aromatic heterocycles. The Morgan fingerprint density at radius 3 is 1.22 bits per heavy atom. The Morgan fingerprint density at radius 1 is 0.478 bits per heavy atom. The molecule has 0 aliphatic rings. The number of carbonyl (C=O) groups is 3. The molecule has 0 saturated carbocycles. The number of nitrogens with zero attached hydrogens (tertiary/aromatic N) is 14. The number of amides is 3. The van der Waals surface area contributed by atoms with Gasteiger partial charge in [0.15, 0.2) is 0 Å². The Bertz CT molecular complexity index is 5790. The topological polar surface area (TPSA) is 344 Å². The number of pyridine rings is 5. The van der Waals surface area contributed by atoms with E-state index in [0.717, 1.165) is 25.6 Å². The summed E-state index contributed by atoms with van der Waals surface area (Å²) >= 11 is 18.8. The molecule has 31 heteroatoms. The Balaban J connectivity index is 0.000000195. The first kappa shape index (κ1) is 83.7. The maximum absolute atomic E-state index is 13.6. The maximum Gasteiger partial charge on any atom is 0.248 e. The average Bonchev–Trinajstić information content (AvgIpc) is 0.771. The third-order valence-electron chi connectivity index (χ3n) is 15.8. The lowest BCUT2D eigenvalue weighted by atomic mass is 10.1. The summed E-state index contributed by atoms with van der Waals surface area (Å²) in [5.74, 6) is -0.0250. The third-order valence-corrected chi connectivity index (χ3v) is 16.7. The van der Waals surface area contributed by atoms with Crippen LogP contribution < -0.4 is 51.0 Å². The van der Waals surface area contributed by atoms with Crippen molar-refractivity contribution in [1.29, 1.82) is 15.8 Å². The van der Waals surface area contributed by atoms with Crippen molar-refractivity contribution in [1.82, 2.24) is 38.9 Å². The monoisotopic (exact) mass is 1580 g/mol. The molecular weight excluding hydrogens is 1510 g/mol. The van der Waals surface area contributed by atoms with Crippen LogP contribution in [-0.2, 0) is 27.6 Å². The number of nitriles is 3. The molecule has 11 rings (SSSR count). The number of anilines is 3. The average molecular weight is 1590 g/mol. The first-order valence-corrected chi connectivity index (χ1v) is 35.8. The van der Waals surface area contributed by atoms with E-state index in [-0.39, 0.29) is 68.9 Å². The van der Waals surface area contributed by atoms with E-state index in [0.29, 0.717) is 133 Å². The van der Waals surface area contributed by atoms with Gasteiger partial charge in [-0.25, -0.2) is 19.4 Å². The number of halogens is 4. The highest BCUT2D eigenvalue weighted by molar-refractivity contribution is 6.32. The fraction of sp³-hybridized carbons (Fsp3) is 0.183. The van der Waals surface area contributed by atoms with Crippen molar-refractivity contribution in [3.63, 3.8) is 0 Å². The van der Waals surface area contributed by atoms with E-state index in [1.165, 1.54) is 61.1 Å². The molecule has 113 heavy (non-hydrogen) atoms. The highest BCUT2D eigenvalue weighted by Crippen LogP contribution is 2.35. The largest absolute Gasteiger partial charge is 0.492 e. The lowest BCUT2D eigenvalue weighted by Gasteiger charge is -2.14. The fourth-order valence-electron chi connectivity index (χ4n) is 10.7. The van der Waals surface area contributed by atoms with Gasteiger partial charge in [0.1, 0.15) is 60.2 Å². The number of benzene rings is 6. The zero-order valence-electron chi connectivity index (χ0n) is 62.5. The van der Waals surface area contributed by atoms with Crippen molar-refractivity contribution in [3.05, 3.63) is 266 Å². The lowest BCUT2D eigenvalue weighted by molar-refractivity contribution is -0.112. The van der Waals surface area contributed by atoms with Gasteiger partial charge < -0.3 is 65.2 Å². The van der Waals surface area contributed by atoms with Crippen LogP contribution in [0.2, 0.25) is 15.1 Å². The summed E-state index contributed by atoms with van der Waals surface area (Å²) in [5.41, 5.74) is 5.28. The molecule has 0 bridgehead atoms. The Labute approximate surface area is 663 Å². The first-order valence-electron chi connectivity index (χ1n) is 34.7. The molecule has 0 aliphatic carbocycles. The third kappa shape index (κ3) is 23.3. The van der Waals surface area contributed by atoms with E-state index < -0.39 is 5.82 Å². The minimum absolute atomic E-state index is 0.0581. The van der Waals surface area contributed by atoms with Crippen molar-refractivity contribution in [2.45, 2.75) is 27.1 Å². The van der Waals surface area contributed by atoms with Gasteiger partial charge in [-0.15, -0.1) is 0 Å². The summed E-state index contributed by atoms with van der Waals surface area (Å²) in [7, 11) is 11.4. The number of fused-ring (bicyclic) bond motifs is 3. The molecule has 0 aliphatic heterocycles. The van der Waals surface area contributed by atoms with Gasteiger partial charge in [0.2, 0.25) is 17.7 Å². The minimum atomic E-state index is -0.596. The van der Waals surface area contributed by atoms with Crippen LogP contribution in [0.4, 0.5) is 38.5 Å². The number of nitrogens with one attached hydrogen (secondary N) is 3. The fourth-order valence-corrected chi connectivity index (χ4v) is 11.3. The zero-order chi connectivity index (χ0) is 81.3. The van der Waals surface area contributed by atoms with Crippen LogP contribution in [0.1, 0.15) is 41.9 Å². The SMILES string of the molecule is CCOc1cc2c(cc1NC(=O)/C=C/CN(C)C)c(=Nc1ccc(F)c(Cl)c1)c(C#N)cn2O.CCOc1cc2c(cc1NC(=O)/C=C/CN(C)C)c(=Nc1ccc(OCc3ccccn3)c(Cl)c1)c(C#N)cn2O.CN(C)C/C=C/C(=O)Nc1ccc2c(c1)c(=Nc1ccc(OCc3ccccn3)c(Cl)c1)c(C#N)cn2O. The van der Waals surface area contributed by atoms with E-state index in [1.807, 2.05) is 106 Å². The van der Waals surface area contributed by atoms with Gasteiger partial charge in [0.25, 0.3) is 0 Å². The number of likely N-dealkylation sites (N-methyl/N-ethyl adjacent to an activating group) is 3. The predicted octanol–water partition coefficient (Wildman–Crippen LogP) is 14.0. The summed E-state index contributed by atoms with van der Waals surface area (Å²) in [6, 6.07) is 42.5. The Morgan fingerprint density at radius 2 is 0.858 bits per heavy atom. The quantitative estimate of drug-likeness (QED) is 0.0229. The normalized spacial score (nSPS) is 11.7. The van der Waals surface area contributed by atoms with Crippen molar-refractivity contribution in [3.8, 4) is 41.2 Å². The highest BCUT2D eigenvalue weighted by atomic mass is 35.5. The molecule has 578 valence electrons. The van der Waals surface area contributed by atoms with Gasteiger partial charge in [0.05, 0.1) is 136 Å². The molecule has 5 heterocycles. The predicted molar refractivity (Wildman–Crippen MR) is 430 cm³/mol. The Kier molecular flexibility index (Phi) is 29.9. The number of aromatic nitrogens is 5. The molecule has 0 radical (unpaired) electrons. The van der Waals surface area contributed by atoms with Crippen molar-refractivity contribution in [2.24, 2.45) is 15.0 Å². The van der Waals surface area contributed by atoms with Gasteiger partial charge in [-0.3, -0.25) is 24.4 Å². The van der Waals surface area contributed by atoms with E-state index in [1.54, 1.807) is 110 Å². The molecule has 0 spiro atoms. The van der Waals surface area contributed by atoms with Crippen LogP contribution in [0.15, 0.2) is 216 Å². The summed E-state index contributed by atoms with van der Waals surface area (Å²) in [4.78, 5) is 65.5. The smallest absolute Gasteiger partial charge is 0.248 e. The van der Waals surface area contributed by atoms with Crippen LogP contribution in [0.5, 0.6) is 23.0 Å². The number of carbonyl (C=O) groups excluding carboxylic acids is 3. The van der Waals surface area contributed by atoms with Crippen LogP contribution in [0.3, 0.4) is 0 Å². The van der Waals surface area contributed by atoms with Gasteiger partial charge in [-0.1, -0.05) is 65.2 Å². The highest BCUT2D eigenvalue weighted by Gasteiger charge is 2.19. The molecule has 27 nitrogen and oxygen atoms in total. The molecule has 11 aromatic rings. The lowest BCUT2D eigenvalue weighted by Crippen LogP contribution is -2.16. The second-order valence-corrected chi connectivity index (χ2v) is 26.4. The second-order valence-electron chi connectivity index (χ2n) is 25.2. The minimum Gasteiger partial charge on any atom is -0.492 e. The molecule has 6 N–H and O–H groups in total. The molecule has 3 amide bonds. The van der Waals surface area contributed by atoms with Crippen LogP contribution >= 0.6 is 34.8 Å². The molecule has 0 unspecified atom stereocenters.